The SMILES string of the molecule is N[C@H](Cc1ccccc1)C(=O)Nc1ccc2c(Cl)c(OCCBr)oc(=O)c2c1. The van der Waals surface area contributed by atoms with E-state index in [-0.39, 0.29) is 22.3 Å². The van der Waals surface area contributed by atoms with Gasteiger partial charge in [-0.1, -0.05) is 63.9 Å². The van der Waals surface area contributed by atoms with Crippen molar-refractivity contribution in [3.8, 4) is 5.95 Å². The van der Waals surface area contributed by atoms with E-state index in [2.05, 4.69) is 21.2 Å². The molecule has 146 valence electrons. The summed E-state index contributed by atoms with van der Waals surface area (Å²) in [4.78, 5) is 24.7. The number of carbonyl (C=O) groups is 1. The molecule has 0 unspecified atom stereocenters. The summed E-state index contributed by atoms with van der Waals surface area (Å²) >= 11 is 9.49. The van der Waals surface area contributed by atoms with Crippen LogP contribution < -0.4 is 21.4 Å². The molecule has 0 saturated carbocycles. The lowest BCUT2D eigenvalue weighted by Gasteiger charge is -2.13. The van der Waals surface area contributed by atoms with Crippen molar-refractivity contribution in [3.05, 3.63) is 69.5 Å². The van der Waals surface area contributed by atoms with E-state index in [9.17, 15) is 9.59 Å². The number of rotatable bonds is 7. The Morgan fingerprint density at radius 3 is 2.68 bits per heavy atom. The molecule has 0 spiro atoms. The van der Waals surface area contributed by atoms with Crippen LogP contribution in [0, 0.1) is 0 Å². The summed E-state index contributed by atoms with van der Waals surface area (Å²) < 4.78 is 10.5. The molecule has 0 aliphatic rings. The third-order valence-corrected chi connectivity index (χ3v) is 4.74. The monoisotopic (exact) mass is 464 g/mol. The van der Waals surface area contributed by atoms with Crippen molar-refractivity contribution in [2.45, 2.75) is 12.5 Å². The third-order valence-electron chi connectivity index (χ3n) is 4.05. The molecule has 1 heterocycles. The number of nitrogens with two attached hydrogens (primary N) is 1. The van der Waals surface area contributed by atoms with Crippen LogP contribution in [0.25, 0.3) is 10.8 Å². The van der Waals surface area contributed by atoms with Crippen LogP contribution >= 0.6 is 27.5 Å². The molecule has 0 radical (unpaired) electrons. The van der Waals surface area contributed by atoms with Crippen LogP contribution in [0.5, 0.6) is 5.95 Å². The molecule has 3 aromatic rings. The van der Waals surface area contributed by atoms with E-state index in [1.807, 2.05) is 30.3 Å². The van der Waals surface area contributed by atoms with Crippen molar-refractivity contribution in [1.29, 1.82) is 0 Å². The minimum atomic E-state index is -0.724. The molecule has 28 heavy (non-hydrogen) atoms. The highest BCUT2D eigenvalue weighted by Gasteiger charge is 2.17. The molecule has 1 aromatic heterocycles. The third kappa shape index (κ3) is 4.73. The summed E-state index contributed by atoms with van der Waals surface area (Å²) in [6.07, 6.45) is 0.405. The molecule has 1 atom stereocenters. The molecule has 3 rings (SSSR count). The number of anilines is 1. The number of benzene rings is 2. The zero-order valence-electron chi connectivity index (χ0n) is 14.8. The first kappa shape index (κ1) is 20.4. The van der Waals surface area contributed by atoms with Gasteiger partial charge in [-0.25, -0.2) is 4.79 Å². The van der Waals surface area contributed by atoms with Gasteiger partial charge in [-0.2, -0.15) is 0 Å². The number of halogens is 2. The normalized spacial score (nSPS) is 12.0. The number of nitrogens with one attached hydrogen (secondary N) is 1. The summed E-state index contributed by atoms with van der Waals surface area (Å²) in [5.41, 5.74) is 6.79. The molecule has 0 saturated heterocycles. The Morgan fingerprint density at radius 1 is 1.21 bits per heavy atom. The van der Waals surface area contributed by atoms with Crippen molar-refractivity contribution in [3.63, 3.8) is 0 Å². The Balaban J connectivity index is 1.79. The standard InChI is InChI=1S/C20H18BrClN2O4/c21-8-9-27-20-17(22)14-7-6-13(11-15(14)19(26)28-20)24-18(25)16(23)10-12-4-2-1-3-5-12/h1-7,11,16H,8-10,23H2,(H,24,25)/t16-/m1/s1. The number of hydrogen-bond acceptors (Lipinski definition) is 5. The number of alkyl halides is 1. The fraction of sp³-hybridized carbons (Fsp3) is 0.200. The van der Waals surface area contributed by atoms with Gasteiger partial charge < -0.3 is 20.2 Å². The Kier molecular flexibility index (Phi) is 6.72. The van der Waals surface area contributed by atoms with Crippen LogP contribution in [0.15, 0.2) is 57.7 Å². The van der Waals surface area contributed by atoms with Crippen LogP contribution in [-0.4, -0.2) is 23.9 Å². The van der Waals surface area contributed by atoms with Gasteiger partial charge >= 0.3 is 11.6 Å². The number of fused-ring (bicyclic) bond motifs is 1. The van der Waals surface area contributed by atoms with E-state index in [4.69, 9.17) is 26.5 Å². The van der Waals surface area contributed by atoms with Gasteiger partial charge in [0.2, 0.25) is 5.91 Å². The first-order valence-electron chi connectivity index (χ1n) is 8.55. The van der Waals surface area contributed by atoms with E-state index in [0.29, 0.717) is 29.4 Å². The Bertz CT molecular complexity index is 1040. The number of hydrogen-bond donors (Lipinski definition) is 2. The van der Waals surface area contributed by atoms with Gasteiger partial charge in [-0.15, -0.1) is 0 Å². The highest BCUT2D eigenvalue weighted by molar-refractivity contribution is 9.09. The minimum Gasteiger partial charge on any atom is -0.463 e. The van der Waals surface area contributed by atoms with Gasteiger partial charge in [0.05, 0.1) is 11.4 Å². The second-order valence-corrected chi connectivity index (χ2v) is 7.25. The van der Waals surface area contributed by atoms with Gasteiger partial charge in [0.1, 0.15) is 11.6 Å². The predicted octanol–water partition coefficient (Wildman–Crippen LogP) is 3.73. The van der Waals surface area contributed by atoms with Gasteiger partial charge in [0, 0.05) is 16.4 Å². The molecule has 6 nitrogen and oxygen atoms in total. The molecule has 0 bridgehead atoms. The molecular formula is C20H18BrClN2O4. The van der Waals surface area contributed by atoms with Crippen LogP contribution in [0.4, 0.5) is 5.69 Å². The average molecular weight is 466 g/mol. The van der Waals surface area contributed by atoms with Gasteiger partial charge in [-0.3, -0.25) is 4.79 Å². The smallest absolute Gasteiger partial charge is 0.346 e. The summed E-state index contributed by atoms with van der Waals surface area (Å²) in [7, 11) is 0. The predicted molar refractivity (Wildman–Crippen MR) is 114 cm³/mol. The molecule has 8 heteroatoms. The lowest BCUT2D eigenvalue weighted by atomic mass is 10.1. The van der Waals surface area contributed by atoms with Gasteiger partial charge in [0.15, 0.2) is 0 Å². The first-order valence-corrected chi connectivity index (χ1v) is 10.0. The maximum absolute atomic E-state index is 12.4. The fourth-order valence-electron chi connectivity index (χ4n) is 2.70. The summed E-state index contributed by atoms with van der Waals surface area (Å²) in [5.74, 6) is -0.378. The van der Waals surface area contributed by atoms with Crippen molar-refractivity contribution >= 4 is 49.9 Å². The molecule has 2 aromatic carbocycles. The van der Waals surface area contributed by atoms with E-state index < -0.39 is 11.7 Å². The zero-order chi connectivity index (χ0) is 20.1. The molecular weight excluding hydrogens is 448 g/mol. The quantitative estimate of drug-likeness (QED) is 0.519. The number of ether oxygens (including phenoxy) is 1. The minimum absolute atomic E-state index is 0.0275. The molecule has 1 amide bonds. The van der Waals surface area contributed by atoms with Gasteiger partial charge in [0.25, 0.3) is 0 Å². The summed E-state index contributed by atoms with van der Waals surface area (Å²) in [6.45, 7) is 0.307. The number of carbonyl (C=O) groups excluding carboxylic acids is 1. The maximum atomic E-state index is 12.4. The topological polar surface area (TPSA) is 94.6 Å². The molecule has 0 aliphatic carbocycles. The highest BCUT2D eigenvalue weighted by Crippen LogP contribution is 2.31. The summed E-state index contributed by atoms with van der Waals surface area (Å²) in [6, 6.07) is 13.6. The lowest BCUT2D eigenvalue weighted by Crippen LogP contribution is -2.37. The number of amides is 1. The van der Waals surface area contributed by atoms with Crippen LogP contribution in [-0.2, 0) is 11.2 Å². The van der Waals surface area contributed by atoms with E-state index in [1.54, 1.807) is 12.1 Å². The summed E-state index contributed by atoms with van der Waals surface area (Å²) in [5, 5.41) is 4.22. The van der Waals surface area contributed by atoms with Crippen LogP contribution in [0.3, 0.4) is 0 Å². The largest absolute Gasteiger partial charge is 0.463 e. The average Bonchev–Trinajstić information content (AvgIpc) is 2.70. The highest BCUT2D eigenvalue weighted by atomic mass is 79.9. The zero-order valence-corrected chi connectivity index (χ0v) is 17.1. The van der Waals surface area contributed by atoms with Gasteiger partial charge in [-0.05, 0) is 24.1 Å². The molecule has 3 N–H and O–H groups in total. The fourth-order valence-corrected chi connectivity index (χ4v) is 3.12. The van der Waals surface area contributed by atoms with Crippen molar-refractivity contribution in [1.82, 2.24) is 0 Å². The molecule has 0 fully saturated rings. The van der Waals surface area contributed by atoms with Crippen molar-refractivity contribution in [2.75, 3.05) is 17.3 Å². The van der Waals surface area contributed by atoms with E-state index >= 15 is 0 Å². The van der Waals surface area contributed by atoms with E-state index in [0.717, 1.165) is 5.56 Å². The maximum Gasteiger partial charge on any atom is 0.346 e. The molecule has 0 aliphatic heterocycles. The Labute approximate surface area is 174 Å². The first-order chi connectivity index (χ1) is 13.5. The Morgan fingerprint density at radius 2 is 1.96 bits per heavy atom. The Hall–Kier alpha value is -2.35. The second-order valence-electron chi connectivity index (χ2n) is 6.07. The second kappa shape index (κ2) is 9.23. The van der Waals surface area contributed by atoms with E-state index in [1.165, 1.54) is 6.07 Å². The van der Waals surface area contributed by atoms with Crippen LogP contribution in [0.2, 0.25) is 5.02 Å². The van der Waals surface area contributed by atoms with Crippen molar-refractivity contribution < 1.29 is 13.9 Å². The van der Waals surface area contributed by atoms with Crippen LogP contribution in [0.1, 0.15) is 5.56 Å². The van der Waals surface area contributed by atoms with Crippen molar-refractivity contribution in [2.24, 2.45) is 5.73 Å². The lowest BCUT2D eigenvalue weighted by molar-refractivity contribution is -0.117.